The largest absolute Gasteiger partial charge is 0.379 e. The second-order valence-electron chi connectivity index (χ2n) is 6.58. The molecule has 0 bridgehead atoms. The van der Waals surface area contributed by atoms with Crippen molar-refractivity contribution >= 4 is 30.7 Å². The molecule has 1 aliphatic carbocycles. The lowest BCUT2D eigenvalue weighted by Crippen LogP contribution is -2.38. The van der Waals surface area contributed by atoms with Crippen LogP contribution in [0.5, 0.6) is 0 Å². The number of amides is 1. The molecule has 1 amide bonds. The van der Waals surface area contributed by atoms with E-state index in [2.05, 4.69) is 28.4 Å². The number of nitrogens with zero attached hydrogens (tertiary/aromatic N) is 1. The summed E-state index contributed by atoms with van der Waals surface area (Å²) >= 11 is 0. The lowest BCUT2D eigenvalue weighted by Gasteiger charge is -2.27. The van der Waals surface area contributed by atoms with Gasteiger partial charge in [0.1, 0.15) is 0 Å². The summed E-state index contributed by atoms with van der Waals surface area (Å²) in [5.74, 6) is 0.0950. The number of rotatable bonds is 5. The lowest BCUT2D eigenvalue weighted by atomic mass is 10.0. The van der Waals surface area contributed by atoms with Gasteiger partial charge in [0.15, 0.2) is 0 Å². The van der Waals surface area contributed by atoms with Gasteiger partial charge < -0.3 is 15.8 Å². The Kier molecular flexibility index (Phi) is 9.75. The summed E-state index contributed by atoms with van der Waals surface area (Å²) in [7, 11) is 0. The van der Waals surface area contributed by atoms with Crippen molar-refractivity contribution in [1.29, 1.82) is 0 Å². The predicted molar refractivity (Wildman–Crippen MR) is 104 cm³/mol. The maximum Gasteiger partial charge on any atom is 0.224 e. The number of morpholine rings is 1. The fourth-order valence-electron chi connectivity index (χ4n) is 3.51. The van der Waals surface area contributed by atoms with E-state index in [0.29, 0.717) is 6.54 Å². The first-order valence-corrected chi connectivity index (χ1v) is 8.64. The fraction of sp³-hybridized carbons (Fsp3) is 0.611. The summed E-state index contributed by atoms with van der Waals surface area (Å²) < 4.78 is 5.40. The van der Waals surface area contributed by atoms with Crippen molar-refractivity contribution in [3.8, 4) is 0 Å². The van der Waals surface area contributed by atoms with Gasteiger partial charge in [0.05, 0.1) is 19.1 Å². The first kappa shape index (κ1) is 22.2. The van der Waals surface area contributed by atoms with Crippen LogP contribution in [0, 0.1) is 5.92 Å². The summed E-state index contributed by atoms with van der Waals surface area (Å²) in [4.78, 5) is 14.7. The third kappa shape index (κ3) is 6.12. The number of halogens is 2. The van der Waals surface area contributed by atoms with Gasteiger partial charge in [-0.25, -0.2) is 0 Å². The number of hydrogen-bond acceptors (Lipinski definition) is 4. The summed E-state index contributed by atoms with van der Waals surface area (Å²) in [5, 5.41) is 3.09. The second-order valence-corrected chi connectivity index (χ2v) is 6.58. The summed E-state index contributed by atoms with van der Waals surface area (Å²) in [6.45, 7) is 5.05. The van der Waals surface area contributed by atoms with E-state index in [1.54, 1.807) is 0 Å². The van der Waals surface area contributed by atoms with Gasteiger partial charge in [0.2, 0.25) is 5.91 Å². The predicted octanol–water partition coefficient (Wildman–Crippen LogP) is 2.11. The van der Waals surface area contributed by atoms with Gasteiger partial charge >= 0.3 is 0 Å². The molecule has 3 N–H and O–H groups in total. The normalized spacial score (nSPS) is 23.4. The Morgan fingerprint density at radius 1 is 1.16 bits per heavy atom. The molecule has 2 fully saturated rings. The Morgan fingerprint density at radius 2 is 1.84 bits per heavy atom. The van der Waals surface area contributed by atoms with Crippen molar-refractivity contribution in [2.75, 3.05) is 26.3 Å². The van der Waals surface area contributed by atoms with Crippen LogP contribution in [0.1, 0.15) is 30.4 Å². The molecule has 2 unspecified atom stereocenters. The number of ether oxygens (including phenoxy) is 1. The molecule has 0 radical (unpaired) electrons. The first-order valence-electron chi connectivity index (χ1n) is 8.64. The highest BCUT2D eigenvalue weighted by atomic mass is 35.5. The maximum atomic E-state index is 12.3. The quantitative estimate of drug-likeness (QED) is 0.808. The van der Waals surface area contributed by atoms with Crippen LogP contribution in [0.3, 0.4) is 0 Å². The van der Waals surface area contributed by atoms with Crippen LogP contribution < -0.4 is 11.1 Å². The first-order chi connectivity index (χ1) is 11.2. The van der Waals surface area contributed by atoms with Crippen molar-refractivity contribution in [3.63, 3.8) is 0 Å². The molecule has 5 nitrogen and oxygen atoms in total. The van der Waals surface area contributed by atoms with E-state index in [4.69, 9.17) is 10.5 Å². The summed E-state index contributed by atoms with van der Waals surface area (Å²) in [5.41, 5.74) is 8.50. The third-order valence-electron chi connectivity index (χ3n) is 4.98. The zero-order chi connectivity index (χ0) is 16.1. The topological polar surface area (TPSA) is 67.6 Å². The number of nitrogens with two attached hydrogens (primary N) is 1. The molecule has 1 aliphatic heterocycles. The molecule has 1 saturated carbocycles. The average molecular weight is 390 g/mol. The van der Waals surface area contributed by atoms with Crippen LogP contribution in [-0.2, 0) is 22.6 Å². The van der Waals surface area contributed by atoms with Crippen molar-refractivity contribution in [1.82, 2.24) is 10.2 Å². The molecule has 7 heteroatoms. The van der Waals surface area contributed by atoms with Crippen LogP contribution in [0.15, 0.2) is 24.3 Å². The fourth-order valence-corrected chi connectivity index (χ4v) is 3.51. The van der Waals surface area contributed by atoms with Crippen LogP contribution >= 0.6 is 24.8 Å². The van der Waals surface area contributed by atoms with Gasteiger partial charge in [-0.2, -0.15) is 0 Å². The van der Waals surface area contributed by atoms with Gasteiger partial charge in [0, 0.05) is 32.2 Å². The molecule has 25 heavy (non-hydrogen) atoms. The number of carbonyl (C=O) groups excluding carboxylic acids is 1. The Balaban J connectivity index is 0.00000156. The van der Waals surface area contributed by atoms with E-state index < -0.39 is 0 Å². The van der Waals surface area contributed by atoms with Crippen molar-refractivity contribution < 1.29 is 9.53 Å². The molecule has 2 aliphatic rings. The van der Waals surface area contributed by atoms with Crippen molar-refractivity contribution in [2.24, 2.45) is 11.7 Å². The van der Waals surface area contributed by atoms with Crippen LogP contribution in [0.25, 0.3) is 0 Å². The van der Waals surface area contributed by atoms with E-state index in [-0.39, 0.29) is 42.7 Å². The smallest absolute Gasteiger partial charge is 0.224 e. The van der Waals surface area contributed by atoms with Gasteiger partial charge in [0.25, 0.3) is 0 Å². The zero-order valence-electron chi connectivity index (χ0n) is 14.5. The van der Waals surface area contributed by atoms with E-state index in [1.165, 1.54) is 11.1 Å². The van der Waals surface area contributed by atoms with Crippen LogP contribution in [0.2, 0.25) is 0 Å². The minimum Gasteiger partial charge on any atom is -0.379 e. The number of carbonyl (C=O) groups is 1. The maximum absolute atomic E-state index is 12.3. The lowest BCUT2D eigenvalue weighted by molar-refractivity contribution is -0.125. The Hall–Kier alpha value is -0.850. The monoisotopic (exact) mass is 389 g/mol. The zero-order valence-corrected chi connectivity index (χ0v) is 16.1. The average Bonchev–Trinajstić information content (AvgIpc) is 3.01. The van der Waals surface area contributed by atoms with E-state index in [1.807, 2.05) is 6.07 Å². The standard InChI is InChI=1S/C18H27N3O2.2ClH/c19-17-7-3-6-16(17)18(22)20-12-14-4-1-2-5-15(14)13-21-8-10-23-11-9-21;;/h1-2,4-5,16-17H,3,6-13,19H2,(H,20,22);2*1H. The summed E-state index contributed by atoms with van der Waals surface area (Å²) in [6, 6.07) is 8.38. The molecular formula is C18H29Cl2N3O2. The third-order valence-corrected chi connectivity index (χ3v) is 4.98. The molecule has 0 spiro atoms. The van der Waals surface area contributed by atoms with Crippen LogP contribution in [-0.4, -0.2) is 43.2 Å². The molecule has 1 heterocycles. The molecule has 1 saturated heterocycles. The molecule has 2 atom stereocenters. The van der Waals surface area contributed by atoms with Crippen molar-refractivity contribution in [2.45, 2.75) is 38.4 Å². The van der Waals surface area contributed by atoms with Crippen molar-refractivity contribution in [3.05, 3.63) is 35.4 Å². The molecular weight excluding hydrogens is 361 g/mol. The Bertz CT molecular complexity index is 539. The highest BCUT2D eigenvalue weighted by Gasteiger charge is 2.30. The molecule has 3 rings (SSSR count). The number of hydrogen-bond donors (Lipinski definition) is 2. The SMILES string of the molecule is Cl.Cl.NC1CCCC1C(=O)NCc1ccccc1CN1CCOCC1. The van der Waals surface area contributed by atoms with Gasteiger partial charge in [-0.15, -0.1) is 24.8 Å². The van der Waals surface area contributed by atoms with E-state index in [0.717, 1.165) is 52.1 Å². The molecule has 1 aromatic rings. The molecule has 0 aromatic heterocycles. The van der Waals surface area contributed by atoms with E-state index >= 15 is 0 Å². The van der Waals surface area contributed by atoms with Gasteiger partial charge in [-0.05, 0) is 24.0 Å². The number of nitrogens with one attached hydrogen (secondary N) is 1. The highest BCUT2D eigenvalue weighted by Crippen LogP contribution is 2.24. The summed E-state index contributed by atoms with van der Waals surface area (Å²) in [6.07, 6.45) is 2.95. The second kappa shape index (κ2) is 11.0. The minimum atomic E-state index is -0.0126. The minimum absolute atomic E-state index is 0. The molecule has 142 valence electrons. The van der Waals surface area contributed by atoms with E-state index in [9.17, 15) is 4.79 Å². The van der Waals surface area contributed by atoms with Gasteiger partial charge in [-0.1, -0.05) is 30.7 Å². The van der Waals surface area contributed by atoms with Crippen LogP contribution in [0.4, 0.5) is 0 Å². The van der Waals surface area contributed by atoms with Gasteiger partial charge in [-0.3, -0.25) is 9.69 Å². The number of benzene rings is 1. The highest BCUT2D eigenvalue weighted by molar-refractivity contribution is 5.85. The Morgan fingerprint density at radius 3 is 2.48 bits per heavy atom. The molecule has 1 aromatic carbocycles. The Labute approximate surface area is 162 Å².